The Morgan fingerprint density at radius 1 is 1.03 bits per heavy atom. The highest BCUT2D eigenvalue weighted by molar-refractivity contribution is 7.13. The van der Waals surface area contributed by atoms with E-state index in [1.165, 1.54) is 11.3 Å². The summed E-state index contributed by atoms with van der Waals surface area (Å²) in [6.07, 6.45) is -9.68. The van der Waals surface area contributed by atoms with Crippen LogP contribution >= 0.6 is 11.3 Å². The van der Waals surface area contributed by atoms with Gasteiger partial charge in [-0.05, 0) is 41.8 Å². The number of hydrogen-bond donors (Lipinski definition) is 1. The number of carbonyl (C=O) groups is 1. The summed E-state index contributed by atoms with van der Waals surface area (Å²) in [6, 6.07) is 8.17. The van der Waals surface area contributed by atoms with Crippen molar-refractivity contribution in [3.63, 3.8) is 0 Å². The highest BCUT2D eigenvalue weighted by Crippen LogP contribution is 2.33. The van der Waals surface area contributed by atoms with Crippen molar-refractivity contribution < 1.29 is 35.9 Å². The number of nitrogens with one attached hydrogen (secondary N) is 1. The molecule has 0 unspecified atom stereocenters. The summed E-state index contributed by atoms with van der Waals surface area (Å²) >= 11 is 1.18. The van der Waals surface area contributed by atoms with Gasteiger partial charge in [0.05, 0.1) is 10.6 Å². The summed E-state index contributed by atoms with van der Waals surface area (Å²) in [5.74, 6) is -2.54. The minimum atomic E-state index is -4.88. The molecule has 32 heavy (non-hydrogen) atoms. The number of rotatable bonds is 4. The fraction of sp³-hybridized carbons (Fsp3) is 0.111. The molecule has 0 radical (unpaired) electrons. The van der Waals surface area contributed by atoms with Crippen molar-refractivity contribution in [1.29, 1.82) is 0 Å². The molecule has 0 aliphatic carbocycles. The molecule has 166 valence electrons. The van der Waals surface area contributed by atoms with Crippen molar-refractivity contribution in [3.8, 4) is 16.3 Å². The van der Waals surface area contributed by atoms with Crippen LogP contribution in [0.25, 0.3) is 16.3 Å². The number of anilines is 1. The van der Waals surface area contributed by atoms with Crippen LogP contribution in [-0.2, 0) is 6.18 Å². The van der Waals surface area contributed by atoms with Gasteiger partial charge < -0.3 is 10.1 Å². The van der Waals surface area contributed by atoms with Gasteiger partial charge in [0.2, 0.25) is 5.82 Å². The van der Waals surface area contributed by atoms with Crippen LogP contribution in [0.3, 0.4) is 0 Å². The second-order valence-electron chi connectivity index (χ2n) is 6.18. The van der Waals surface area contributed by atoms with E-state index in [-0.39, 0.29) is 11.4 Å². The van der Waals surface area contributed by atoms with Gasteiger partial charge >= 0.3 is 12.5 Å². The second-order valence-corrected chi connectivity index (χ2v) is 7.12. The first-order valence-electron chi connectivity index (χ1n) is 8.56. The molecule has 7 nitrogen and oxygen atoms in total. The molecule has 1 aromatic carbocycles. The third-order valence-corrected chi connectivity index (χ3v) is 4.82. The van der Waals surface area contributed by atoms with E-state index in [4.69, 9.17) is 0 Å². The molecular weight excluding hydrogens is 464 g/mol. The van der Waals surface area contributed by atoms with Crippen LogP contribution in [0.15, 0.2) is 47.8 Å². The summed E-state index contributed by atoms with van der Waals surface area (Å²) in [7, 11) is 0. The van der Waals surface area contributed by atoms with Crippen molar-refractivity contribution in [2.45, 2.75) is 12.5 Å². The van der Waals surface area contributed by atoms with Crippen molar-refractivity contribution in [1.82, 2.24) is 19.6 Å². The number of aromatic nitrogens is 4. The van der Waals surface area contributed by atoms with E-state index in [0.717, 1.165) is 30.3 Å². The number of alkyl halides is 6. The fourth-order valence-corrected chi connectivity index (χ4v) is 3.33. The lowest BCUT2D eigenvalue weighted by atomic mass is 10.3. The Bertz CT molecular complexity index is 1270. The maximum atomic E-state index is 13.5. The molecule has 3 aromatic heterocycles. The molecule has 0 saturated carbocycles. The average Bonchev–Trinajstić information content (AvgIpc) is 3.36. The Morgan fingerprint density at radius 3 is 2.34 bits per heavy atom. The number of nitrogens with zero attached hydrogens (tertiary/aromatic N) is 4. The molecule has 0 bridgehead atoms. The van der Waals surface area contributed by atoms with Gasteiger partial charge in [-0.15, -0.1) is 29.6 Å². The second kappa shape index (κ2) is 7.78. The fourth-order valence-electron chi connectivity index (χ4n) is 2.64. The topological polar surface area (TPSA) is 81.4 Å². The van der Waals surface area contributed by atoms with Gasteiger partial charge in [0.1, 0.15) is 5.75 Å². The molecular formula is C18H9F6N5O2S. The Labute approximate surface area is 178 Å². The monoisotopic (exact) mass is 473 g/mol. The van der Waals surface area contributed by atoms with E-state index >= 15 is 0 Å². The first kappa shape index (κ1) is 21.5. The standard InChI is InChI=1S/C18H9F6N5O2S/c19-17(20,21)13-8-11(12-2-1-7-32-12)26-16-27-14(28-29(13)16)15(30)25-9-3-5-10(6-4-9)31-18(22,23)24/h1-8H,(H,25,30). The van der Waals surface area contributed by atoms with Crippen LogP contribution in [0, 0.1) is 0 Å². The van der Waals surface area contributed by atoms with E-state index in [9.17, 15) is 31.1 Å². The quantitative estimate of drug-likeness (QED) is 0.421. The van der Waals surface area contributed by atoms with Gasteiger partial charge in [-0.25, -0.2) is 4.98 Å². The number of halogens is 6. The minimum absolute atomic E-state index is 0.0134. The lowest BCUT2D eigenvalue weighted by molar-refractivity contribution is -0.274. The molecule has 1 amide bonds. The van der Waals surface area contributed by atoms with Crippen LogP contribution in [0.1, 0.15) is 16.3 Å². The third-order valence-electron chi connectivity index (χ3n) is 3.93. The molecule has 4 aromatic rings. The lowest BCUT2D eigenvalue weighted by Crippen LogP contribution is -2.17. The zero-order valence-electron chi connectivity index (χ0n) is 15.4. The molecule has 0 atom stereocenters. The van der Waals surface area contributed by atoms with Crippen molar-refractivity contribution in [3.05, 3.63) is 59.4 Å². The maximum absolute atomic E-state index is 13.5. The normalized spacial score (nSPS) is 12.2. The Hall–Kier alpha value is -3.68. The molecule has 0 spiro atoms. The van der Waals surface area contributed by atoms with Gasteiger partial charge in [0, 0.05) is 5.69 Å². The van der Waals surface area contributed by atoms with Crippen LogP contribution in [-0.4, -0.2) is 31.9 Å². The number of benzene rings is 1. The summed E-state index contributed by atoms with van der Waals surface area (Å²) in [4.78, 5) is 20.7. The number of thiophene rings is 1. The molecule has 0 aliphatic heterocycles. The van der Waals surface area contributed by atoms with Gasteiger partial charge in [0.15, 0.2) is 5.69 Å². The number of carbonyl (C=O) groups excluding carboxylic acids is 1. The number of fused-ring (bicyclic) bond motifs is 1. The molecule has 0 aliphatic rings. The first-order chi connectivity index (χ1) is 15.0. The van der Waals surface area contributed by atoms with Crippen LogP contribution in [0.2, 0.25) is 0 Å². The summed E-state index contributed by atoms with van der Waals surface area (Å²) in [6.45, 7) is 0. The maximum Gasteiger partial charge on any atom is 0.573 e. The minimum Gasteiger partial charge on any atom is -0.406 e. The highest BCUT2D eigenvalue weighted by Gasteiger charge is 2.36. The van der Waals surface area contributed by atoms with E-state index in [1.807, 2.05) is 0 Å². The molecule has 0 fully saturated rings. The number of hydrogen-bond acceptors (Lipinski definition) is 6. The molecule has 14 heteroatoms. The molecule has 1 N–H and O–H groups in total. The molecule has 3 heterocycles. The zero-order valence-corrected chi connectivity index (χ0v) is 16.2. The van der Waals surface area contributed by atoms with Crippen LogP contribution in [0.4, 0.5) is 32.0 Å². The first-order valence-corrected chi connectivity index (χ1v) is 9.44. The zero-order chi connectivity index (χ0) is 23.1. The van der Waals surface area contributed by atoms with Crippen molar-refractivity contribution in [2.24, 2.45) is 0 Å². The SMILES string of the molecule is O=C(Nc1ccc(OC(F)(F)F)cc1)c1nc2nc(-c3cccs3)cc(C(F)(F)F)n2n1. The number of amides is 1. The average molecular weight is 473 g/mol. The highest BCUT2D eigenvalue weighted by atomic mass is 32.1. The Kier molecular flexibility index (Phi) is 5.24. The van der Waals surface area contributed by atoms with Gasteiger partial charge in [-0.3, -0.25) is 4.79 Å². The van der Waals surface area contributed by atoms with Crippen molar-refractivity contribution >= 4 is 28.7 Å². The van der Waals surface area contributed by atoms with Crippen molar-refractivity contribution in [2.75, 3.05) is 5.32 Å². The summed E-state index contributed by atoms with van der Waals surface area (Å²) < 4.78 is 81.4. The Balaban J connectivity index is 1.64. The van der Waals surface area contributed by atoms with Gasteiger partial charge in [-0.2, -0.15) is 22.7 Å². The van der Waals surface area contributed by atoms with E-state index in [0.29, 0.717) is 9.39 Å². The van der Waals surface area contributed by atoms with E-state index in [2.05, 4.69) is 25.1 Å². The lowest BCUT2D eigenvalue weighted by Gasteiger charge is -2.09. The molecule has 0 saturated heterocycles. The number of ether oxygens (including phenoxy) is 1. The largest absolute Gasteiger partial charge is 0.573 e. The molecule has 4 rings (SSSR count). The van der Waals surface area contributed by atoms with Gasteiger partial charge in [0.25, 0.3) is 11.7 Å². The van der Waals surface area contributed by atoms with E-state index in [1.54, 1.807) is 17.5 Å². The van der Waals surface area contributed by atoms with Crippen LogP contribution < -0.4 is 10.1 Å². The predicted octanol–water partition coefficient (Wildman–Crippen LogP) is 5.02. The summed E-state index contributed by atoms with van der Waals surface area (Å²) in [5, 5.41) is 7.56. The van der Waals surface area contributed by atoms with Gasteiger partial charge in [-0.1, -0.05) is 6.07 Å². The predicted molar refractivity (Wildman–Crippen MR) is 100 cm³/mol. The van der Waals surface area contributed by atoms with Crippen LogP contribution in [0.5, 0.6) is 5.75 Å². The smallest absolute Gasteiger partial charge is 0.406 e. The summed E-state index contributed by atoms with van der Waals surface area (Å²) in [5.41, 5.74) is -1.11. The Morgan fingerprint density at radius 2 is 1.75 bits per heavy atom. The van der Waals surface area contributed by atoms with E-state index < -0.39 is 41.5 Å². The third kappa shape index (κ3) is 4.64.